The fourth-order valence-corrected chi connectivity index (χ4v) is 1.95. The first-order chi connectivity index (χ1) is 6.22. The van der Waals surface area contributed by atoms with E-state index in [0.717, 1.165) is 38.4 Å². The maximum atomic E-state index is 5.63. The largest absolute Gasteiger partial charge is 0.478 e. The molecule has 1 fully saturated rings. The molecule has 0 atom stereocenters. The molecule has 0 radical (unpaired) electrons. The molecule has 2 heterocycles. The Morgan fingerprint density at radius 2 is 2.08 bits per heavy atom. The number of aliphatic imine (C=N–C) groups is 1. The average molecular weight is 182 g/mol. The third kappa shape index (κ3) is 1.70. The van der Waals surface area contributed by atoms with Crippen molar-refractivity contribution in [3.8, 4) is 0 Å². The Morgan fingerprint density at radius 1 is 1.38 bits per heavy atom. The maximum absolute atomic E-state index is 5.63. The van der Waals surface area contributed by atoms with E-state index in [0.29, 0.717) is 5.92 Å². The average Bonchev–Trinajstić information content (AvgIpc) is 2.51. The molecule has 74 valence electrons. The Kier molecular flexibility index (Phi) is 2.28. The molecule has 2 rings (SSSR count). The molecule has 0 saturated carbocycles. The van der Waals surface area contributed by atoms with Crippen LogP contribution in [0.3, 0.4) is 0 Å². The minimum Gasteiger partial charge on any atom is -0.478 e. The van der Waals surface area contributed by atoms with Gasteiger partial charge in [-0.1, -0.05) is 13.8 Å². The minimum absolute atomic E-state index is 0.130. The Bertz CT molecular complexity index is 217. The van der Waals surface area contributed by atoms with E-state index >= 15 is 0 Å². The van der Waals surface area contributed by atoms with Crippen molar-refractivity contribution in [2.45, 2.75) is 32.2 Å². The van der Waals surface area contributed by atoms with Gasteiger partial charge in [0.25, 0.3) is 0 Å². The van der Waals surface area contributed by atoms with Crippen LogP contribution in [0.2, 0.25) is 0 Å². The quantitative estimate of drug-likeness (QED) is 0.661. The second kappa shape index (κ2) is 3.29. The molecule has 3 nitrogen and oxygen atoms in total. The molecular formula is C10H18N2O. The van der Waals surface area contributed by atoms with Gasteiger partial charge in [-0.3, -0.25) is 0 Å². The Morgan fingerprint density at radius 3 is 2.62 bits per heavy atom. The highest BCUT2D eigenvalue weighted by atomic mass is 16.5. The van der Waals surface area contributed by atoms with E-state index < -0.39 is 0 Å². The number of hydrogen-bond donors (Lipinski definition) is 1. The summed E-state index contributed by atoms with van der Waals surface area (Å²) in [4.78, 5) is 4.73. The second-order valence-corrected chi connectivity index (χ2v) is 4.37. The fraction of sp³-hybridized carbons (Fsp3) is 0.900. The standard InChI is InChI=1S/C10H18N2O/c1-8(2)9-12-10(7-13-9)3-5-11-6-4-10/h8,11H,3-7H2,1-2H3. The SMILES string of the molecule is CC(C)C1=NC2(CCNCC2)CO1. The van der Waals surface area contributed by atoms with Gasteiger partial charge in [-0.2, -0.15) is 0 Å². The lowest BCUT2D eigenvalue weighted by atomic mass is 9.90. The lowest BCUT2D eigenvalue weighted by Crippen LogP contribution is -2.41. The highest BCUT2D eigenvalue weighted by Crippen LogP contribution is 2.29. The van der Waals surface area contributed by atoms with Crippen LogP contribution in [0.4, 0.5) is 0 Å². The van der Waals surface area contributed by atoms with Gasteiger partial charge in [-0.05, 0) is 25.9 Å². The van der Waals surface area contributed by atoms with Gasteiger partial charge in [0.05, 0.1) is 0 Å². The van der Waals surface area contributed by atoms with E-state index in [1.54, 1.807) is 0 Å². The van der Waals surface area contributed by atoms with Crippen LogP contribution in [0, 0.1) is 5.92 Å². The van der Waals surface area contributed by atoms with Crippen molar-refractivity contribution in [1.29, 1.82) is 0 Å². The van der Waals surface area contributed by atoms with Gasteiger partial charge < -0.3 is 10.1 Å². The van der Waals surface area contributed by atoms with Crippen LogP contribution in [0.25, 0.3) is 0 Å². The van der Waals surface area contributed by atoms with Crippen LogP contribution >= 0.6 is 0 Å². The van der Waals surface area contributed by atoms with Gasteiger partial charge in [0.1, 0.15) is 12.1 Å². The van der Waals surface area contributed by atoms with Crippen molar-refractivity contribution < 1.29 is 4.74 Å². The molecular weight excluding hydrogens is 164 g/mol. The molecule has 0 aromatic rings. The maximum Gasteiger partial charge on any atom is 0.186 e. The van der Waals surface area contributed by atoms with Crippen molar-refractivity contribution in [3.05, 3.63) is 0 Å². The zero-order chi connectivity index (χ0) is 9.31. The molecule has 0 bridgehead atoms. The third-order valence-electron chi connectivity index (χ3n) is 2.86. The van der Waals surface area contributed by atoms with Gasteiger partial charge in [-0.25, -0.2) is 4.99 Å². The Balaban J connectivity index is 2.08. The van der Waals surface area contributed by atoms with E-state index in [2.05, 4.69) is 19.2 Å². The normalized spacial score (nSPS) is 26.2. The smallest absolute Gasteiger partial charge is 0.186 e. The van der Waals surface area contributed by atoms with Crippen molar-refractivity contribution in [3.63, 3.8) is 0 Å². The van der Waals surface area contributed by atoms with E-state index in [1.165, 1.54) is 0 Å². The summed E-state index contributed by atoms with van der Waals surface area (Å²) in [6.45, 7) is 7.25. The predicted octanol–water partition coefficient (Wildman–Crippen LogP) is 1.19. The highest BCUT2D eigenvalue weighted by Gasteiger charge is 2.38. The van der Waals surface area contributed by atoms with Crippen LogP contribution in [0.5, 0.6) is 0 Å². The van der Waals surface area contributed by atoms with Gasteiger partial charge >= 0.3 is 0 Å². The Labute approximate surface area is 79.6 Å². The fourth-order valence-electron chi connectivity index (χ4n) is 1.95. The zero-order valence-corrected chi connectivity index (χ0v) is 8.47. The van der Waals surface area contributed by atoms with E-state index in [4.69, 9.17) is 9.73 Å². The number of hydrogen-bond acceptors (Lipinski definition) is 3. The summed E-state index contributed by atoms with van der Waals surface area (Å²) in [6.07, 6.45) is 2.26. The summed E-state index contributed by atoms with van der Waals surface area (Å²) < 4.78 is 5.63. The molecule has 1 spiro atoms. The van der Waals surface area contributed by atoms with Crippen LogP contribution < -0.4 is 5.32 Å². The zero-order valence-electron chi connectivity index (χ0n) is 8.47. The molecule has 1 saturated heterocycles. The lowest BCUT2D eigenvalue weighted by Gasteiger charge is -2.28. The lowest BCUT2D eigenvalue weighted by molar-refractivity contribution is 0.210. The summed E-state index contributed by atoms with van der Waals surface area (Å²) in [6, 6.07) is 0. The molecule has 0 amide bonds. The predicted molar refractivity (Wildman–Crippen MR) is 53.1 cm³/mol. The van der Waals surface area contributed by atoms with Gasteiger partial charge in [0.15, 0.2) is 5.90 Å². The number of nitrogens with zero attached hydrogens (tertiary/aromatic N) is 1. The van der Waals surface area contributed by atoms with Crippen LogP contribution in [0.15, 0.2) is 4.99 Å². The van der Waals surface area contributed by atoms with Crippen molar-refractivity contribution in [1.82, 2.24) is 5.32 Å². The Hall–Kier alpha value is -0.570. The molecule has 3 heteroatoms. The summed E-state index contributed by atoms with van der Waals surface area (Å²) in [5.74, 6) is 1.40. The molecule has 1 N–H and O–H groups in total. The molecule has 0 aromatic heterocycles. The van der Waals surface area contributed by atoms with E-state index in [9.17, 15) is 0 Å². The van der Waals surface area contributed by atoms with Gasteiger partial charge in [0.2, 0.25) is 0 Å². The first kappa shape index (κ1) is 9.00. The summed E-state index contributed by atoms with van der Waals surface area (Å²) in [7, 11) is 0. The molecule has 13 heavy (non-hydrogen) atoms. The molecule has 2 aliphatic rings. The summed E-state index contributed by atoms with van der Waals surface area (Å²) in [5.41, 5.74) is 0.130. The van der Waals surface area contributed by atoms with E-state index in [1.807, 2.05) is 0 Å². The number of ether oxygens (including phenoxy) is 1. The van der Waals surface area contributed by atoms with Crippen LogP contribution in [0.1, 0.15) is 26.7 Å². The monoisotopic (exact) mass is 182 g/mol. The third-order valence-corrected chi connectivity index (χ3v) is 2.86. The second-order valence-electron chi connectivity index (χ2n) is 4.37. The minimum atomic E-state index is 0.130. The van der Waals surface area contributed by atoms with Gasteiger partial charge in [0, 0.05) is 5.92 Å². The van der Waals surface area contributed by atoms with Crippen molar-refractivity contribution >= 4 is 5.90 Å². The molecule has 0 aliphatic carbocycles. The summed E-state index contributed by atoms with van der Waals surface area (Å²) in [5, 5.41) is 3.36. The van der Waals surface area contributed by atoms with Crippen molar-refractivity contribution in [2.24, 2.45) is 10.9 Å². The topological polar surface area (TPSA) is 33.6 Å². The first-order valence-corrected chi connectivity index (χ1v) is 5.15. The van der Waals surface area contributed by atoms with Crippen LogP contribution in [-0.4, -0.2) is 31.1 Å². The number of nitrogens with one attached hydrogen (secondary N) is 1. The van der Waals surface area contributed by atoms with Crippen LogP contribution in [-0.2, 0) is 4.74 Å². The summed E-state index contributed by atoms with van der Waals surface area (Å²) >= 11 is 0. The molecule has 0 unspecified atom stereocenters. The highest BCUT2D eigenvalue weighted by molar-refractivity contribution is 5.80. The van der Waals surface area contributed by atoms with Gasteiger partial charge in [-0.15, -0.1) is 0 Å². The molecule has 0 aromatic carbocycles. The van der Waals surface area contributed by atoms with Crippen molar-refractivity contribution in [2.75, 3.05) is 19.7 Å². The van der Waals surface area contributed by atoms with E-state index in [-0.39, 0.29) is 5.54 Å². The molecule has 2 aliphatic heterocycles. The number of piperidine rings is 1. The first-order valence-electron chi connectivity index (χ1n) is 5.15. The number of rotatable bonds is 1.